The maximum atomic E-state index is 12.3. The van der Waals surface area contributed by atoms with E-state index in [-0.39, 0.29) is 17.7 Å². The molecule has 0 unspecified atom stereocenters. The molecule has 0 saturated carbocycles. The van der Waals surface area contributed by atoms with Crippen molar-refractivity contribution < 1.29 is 9.59 Å². The highest BCUT2D eigenvalue weighted by molar-refractivity contribution is 6.03. The maximum Gasteiger partial charge on any atom is 0.256 e. The van der Waals surface area contributed by atoms with Crippen LogP contribution in [0.1, 0.15) is 35.0 Å². The normalized spacial score (nSPS) is 16.9. The van der Waals surface area contributed by atoms with Crippen LogP contribution < -0.4 is 10.6 Å². The van der Waals surface area contributed by atoms with Gasteiger partial charge >= 0.3 is 0 Å². The number of aromatic nitrogens is 2. The fourth-order valence-electron chi connectivity index (χ4n) is 3.18. The summed E-state index contributed by atoms with van der Waals surface area (Å²) in [5.74, 6) is 0.442. The first-order valence-electron chi connectivity index (χ1n) is 9.26. The van der Waals surface area contributed by atoms with E-state index in [2.05, 4.69) is 25.7 Å². The Hall–Kier alpha value is -2.80. The van der Waals surface area contributed by atoms with Crippen molar-refractivity contribution in [1.82, 2.24) is 20.4 Å². The third kappa shape index (κ3) is 5.10. The monoisotopic (exact) mass is 367 g/mol. The predicted molar refractivity (Wildman–Crippen MR) is 103 cm³/mol. The van der Waals surface area contributed by atoms with Gasteiger partial charge in [-0.05, 0) is 56.6 Å². The van der Waals surface area contributed by atoms with E-state index in [1.807, 2.05) is 38.1 Å². The number of nitrogens with zero attached hydrogens (tertiary/aromatic N) is 3. The standard InChI is InChI=1S/C20H25N5O2/c1-3-21-19(26)17-10-11-25(13-17)12-15-5-7-16(8-6-15)20(27)22-18-9-4-14(2)23-24-18/h4-9,17H,3,10-13H2,1-2H3,(H,21,26)(H,22,24,27)/t17-/m0/s1. The van der Waals surface area contributed by atoms with Gasteiger partial charge in [-0.1, -0.05) is 12.1 Å². The van der Waals surface area contributed by atoms with Crippen molar-refractivity contribution in [1.29, 1.82) is 0 Å². The zero-order valence-electron chi connectivity index (χ0n) is 15.7. The number of carbonyl (C=O) groups is 2. The van der Waals surface area contributed by atoms with Crippen LogP contribution in [0.2, 0.25) is 0 Å². The summed E-state index contributed by atoms with van der Waals surface area (Å²) < 4.78 is 0. The molecule has 1 aromatic carbocycles. The summed E-state index contributed by atoms with van der Waals surface area (Å²) in [5, 5.41) is 13.5. The third-order valence-corrected chi connectivity index (χ3v) is 4.66. The van der Waals surface area contributed by atoms with E-state index in [1.54, 1.807) is 12.1 Å². The molecule has 142 valence electrons. The lowest BCUT2D eigenvalue weighted by Gasteiger charge is -2.16. The second-order valence-corrected chi connectivity index (χ2v) is 6.83. The number of nitrogens with one attached hydrogen (secondary N) is 2. The molecular weight excluding hydrogens is 342 g/mol. The third-order valence-electron chi connectivity index (χ3n) is 4.66. The Kier molecular flexibility index (Phi) is 6.13. The van der Waals surface area contributed by atoms with Crippen LogP contribution in [0.25, 0.3) is 0 Å². The highest BCUT2D eigenvalue weighted by Gasteiger charge is 2.27. The van der Waals surface area contributed by atoms with Crippen molar-refractivity contribution in [3.8, 4) is 0 Å². The Morgan fingerprint density at radius 1 is 1.15 bits per heavy atom. The molecule has 2 heterocycles. The molecule has 1 fully saturated rings. The lowest BCUT2D eigenvalue weighted by Crippen LogP contribution is -2.32. The van der Waals surface area contributed by atoms with Gasteiger partial charge in [0.1, 0.15) is 0 Å². The van der Waals surface area contributed by atoms with Crippen LogP contribution >= 0.6 is 0 Å². The Labute approximate surface area is 159 Å². The average molecular weight is 367 g/mol. The molecule has 2 amide bonds. The fraction of sp³-hybridized carbons (Fsp3) is 0.400. The molecular formula is C20H25N5O2. The van der Waals surface area contributed by atoms with Gasteiger partial charge in [0.25, 0.3) is 5.91 Å². The zero-order chi connectivity index (χ0) is 19.2. The highest BCUT2D eigenvalue weighted by Crippen LogP contribution is 2.19. The Bertz CT molecular complexity index is 789. The molecule has 0 bridgehead atoms. The van der Waals surface area contributed by atoms with Crippen molar-refractivity contribution in [2.75, 3.05) is 25.0 Å². The van der Waals surface area contributed by atoms with E-state index in [0.29, 0.717) is 17.9 Å². The van der Waals surface area contributed by atoms with Gasteiger partial charge in [0.05, 0.1) is 11.6 Å². The van der Waals surface area contributed by atoms with Crippen LogP contribution in [0.15, 0.2) is 36.4 Å². The highest BCUT2D eigenvalue weighted by atomic mass is 16.2. The van der Waals surface area contributed by atoms with Gasteiger partial charge in [0.15, 0.2) is 5.82 Å². The second kappa shape index (κ2) is 8.73. The lowest BCUT2D eigenvalue weighted by molar-refractivity contribution is -0.124. The molecule has 7 nitrogen and oxygen atoms in total. The SMILES string of the molecule is CCNC(=O)[C@H]1CCN(Cc2ccc(C(=O)Nc3ccc(C)nn3)cc2)C1. The average Bonchev–Trinajstić information content (AvgIpc) is 3.13. The number of likely N-dealkylation sites (tertiary alicyclic amines) is 1. The number of aryl methyl sites for hydroxylation is 1. The largest absolute Gasteiger partial charge is 0.356 e. The summed E-state index contributed by atoms with van der Waals surface area (Å²) in [6, 6.07) is 11.1. The molecule has 1 saturated heterocycles. The summed E-state index contributed by atoms with van der Waals surface area (Å²) in [5.41, 5.74) is 2.50. The van der Waals surface area contributed by atoms with Crippen LogP contribution in [-0.2, 0) is 11.3 Å². The van der Waals surface area contributed by atoms with E-state index in [4.69, 9.17) is 0 Å². The van der Waals surface area contributed by atoms with E-state index in [0.717, 1.165) is 37.3 Å². The summed E-state index contributed by atoms with van der Waals surface area (Å²) in [6.45, 7) is 6.93. The van der Waals surface area contributed by atoms with E-state index >= 15 is 0 Å². The number of benzene rings is 1. The summed E-state index contributed by atoms with van der Waals surface area (Å²) in [7, 11) is 0. The summed E-state index contributed by atoms with van der Waals surface area (Å²) in [4.78, 5) is 26.5. The van der Waals surface area contributed by atoms with Crippen molar-refractivity contribution in [3.63, 3.8) is 0 Å². The topological polar surface area (TPSA) is 87.2 Å². The van der Waals surface area contributed by atoms with E-state index in [1.165, 1.54) is 0 Å². The lowest BCUT2D eigenvalue weighted by atomic mass is 10.1. The molecule has 0 spiro atoms. The van der Waals surface area contributed by atoms with Gasteiger partial charge in [-0.25, -0.2) is 0 Å². The number of carbonyl (C=O) groups excluding carboxylic acids is 2. The molecule has 1 atom stereocenters. The molecule has 1 aromatic heterocycles. The predicted octanol–water partition coefficient (Wildman–Crippen LogP) is 2.00. The van der Waals surface area contributed by atoms with Crippen LogP contribution in [-0.4, -0.2) is 46.5 Å². The Morgan fingerprint density at radius 2 is 1.93 bits per heavy atom. The number of anilines is 1. The quantitative estimate of drug-likeness (QED) is 0.815. The van der Waals surface area contributed by atoms with Crippen LogP contribution in [0, 0.1) is 12.8 Å². The first-order chi connectivity index (χ1) is 13.0. The summed E-state index contributed by atoms with van der Waals surface area (Å²) >= 11 is 0. The molecule has 1 aliphatic rings. The van der Waals surface area contributed by atoms with Gasteiger partial charge in [-0.3, -0.25) is 14.5 Å². The maximum absolute atomic E-state index is 12.3. The van der Waals surface area contributed by atoms with Crippen molar-refractivity contribution in [2.24, 2.45) is 5.92 Å². The smallest absolute Gasteiger partial charge is 0.256 e. The van der Waals surface area contributed by atoms with Gasteiger partial charge in [0.2, 0.25) is 5.91 Å². The second-order valence-electron chi connectivity index (χ2n) is 6.83. The molecule has 27 heavy (non-hydrogen) atoms. The molecule has 2 N–H and O–H groups in total. The molecule has 0 aliphatic carbocycles. The molecule has 2 aromatic rings. The molecule has 3 rings (SSSR count). The Morgan fingerprint density at radius 3 is 2.59 bits per heavy atom. The minimum atomic E-state index is -0.211. The summed E-state index contributed by atoms with van der Waals surface area (Å²) in [6.07, 6.45) is 0.893. The van der Waals surface area contributed by atoms with Crippen molar-refractivity contribution in [2.45, 2.75) is 26.8 Å². The number of hydrogen-bond donors (Lipinski definition) is 2. The first kappa shape index (κ1) is 19.0. The van der Waals surface area contributed by atoms with Gasteiger partial charge in [-0.15, -0.1) is 5.10 Å². The fourth-order valence-corrected chi connectivity index (χ4v) is 3.18. The van der Waals surface area contributed by atoms with Crippen LogP contribution in [0.5, 0.6) is 0 Å². The first-order valence-corrected chi connectivity index (χ1v) is 9.26. The number of hydrogen-bond acceptors (Lipinski definition) is 5. The zero-order valence-corrected chi connectivity index (χ0v) is 15.7. The molecule has 0 radical (unpaired) electrons. The minimum absolute atomic E-state index is 0.0746. The van der Waals surface area contributed by atoms with Gasteiger partial charge < -0.3 is 10.6 Å². The van der Waals surface area contributed by atoms with E-state index in [9.17, 15) is 9.59 Å². The Balaban J connectivity index is 1.53. The molecule has 7 heteroatoms. The molecule has 1 aliphatic heterocycles. The van der Waals surface area contributed by atoms with Crippen molar-refractivity contribution in [3.05, 3.63) is 53.2 Å². The van der Waals surface area contributed by atoms with Crippen molar-refractivity contribution >= 4 is 17.6 Å². The van der Waals surface area contributed by atoms with Crippen LogP contribution in [0.3, 0.4) is 0 Å². The van der Waals surface area contributed by atoms with Gasteiger partial charge in [-0.2, -0.15) is 5.10 Å². The van der Waals surface area contributed by atoms with Gasteiger partial charge in [0, 0.05) is 25.2 Å². The van der Waals surface area contributed by atoms with Crippen LogP contribution in [0.4, 0.5) is 5.82 Å². The number of rotatable bonds is 6. The minimum Gasteiger partial charge on any atom is -0.356 e. The number of amides is 2. The van der Waals surface area contributed by atoms with E-state index < -0.39 is 0 Å².